The van der Waals surface area contributed by atoms with Crippen molar-refractivity contribution < 1.29 is 19.4 Å². The number of hydrogen-bond donors (Lipinski definition) is 1. The van der Waals surface area contributed by atoms with E-state index in [-0.39, 0.29) is 23.1 Å². The molecule has 4 aliphatic rings. The standard InChI is InChI=1S/C21H30O4/c1-12(22)25-17-7-10-21(3)14-6-9-20(2)8-4-5-13(20)18(14)16(23)11-15(21)19(17)24/h11,13-14,17-19,24H,4-10H2,1-3H3/t13-,14-,17+,18+,19+,20+,21-/m1/s1. The summed E-state index contributed by atoms with van der Waals surface area (Å²) in [5, 5.41) is 10.8. The summed E-state index contributed by atoms with van der Waals surface area (Å²) in [6.45, 7) is 5.98. The molecule has 1 N–H and O–H groups in total. The van der Waals surface area contributed by atoms with E-state index in [9.17, 15) is 14.7 Å². The maximum Gasteiger partial charge on any atom is 0.303 e. The molecular formula is C21H30O4. The van der Waals surface area contributed by atoms with Gasteiger partial charge in [0.25, 0.3) is 0 Å². The highest BCUT2D eigenvalue weighted by atomic mass is 16.6. The maximum atomic E-state index is 13.1. The van der Waals surface area contributed by atoms with Crippen LogP contribution in [0.2, 0.25) is 0 Å². The number of carbonyl (C=O) groups excluding carboxylic acids is 2. The van der Waals surface area contributed by atoms with Crippen LogP contribution in [0.5, 0.6) is 0 Å². The summed E-state index contributed by atoms with van der Waals surface area (Å²) in [5.74, 6) is 0.777. The van der Waals surface area contributed by atoms with Crippen LogP contribution in [0.25, 0.3) is 0 Å². The van der Waals surface area contributed by atoms with Crippen molar-refractivity contribution in [1.29, 1.82) is 0 Å². The molecule has 3 fully saturated rings. The molecule has 0 aromatic heterocycles. The van der Waals surface area contributed by atoms with Crippen molar-refractivity contribution in [2.45, 2.75) is 77.9 Å². The van der Waals surface area contributed by atoms with Crippen molar-refractivity contribution in [1.82, 2.24) is 0 Å². The third kappa shape index (κ3) is 2.43. The van der Waals surface area contributed by atoms with Crippen molar-refractivity contribution in [3.8, 4) is 0 Å². The first kappa shape index (κ1) is 17.3. The highest BCUT2D eigenvalue weighted by Crippen LogP contribution is 2.64. The quantitative estimate of drug-likeness (QED) is 0.739. The first-order valence-electron chi connectivity index (χ1n) is 9.87. The molecule has 4 aliphatic carbocycles. The fourth-order valence-electron chi connectivity index (χ4n) is 6.76. The van der Waals surface area contributed by atoms with Gasteiger partial charge in [0.15, 0.2) is 5.78 Å². The van der Waals surface area contributed by atoms with Gasteiger partial charge in [-0.25, -0.2) is 0 Å². The summed E-state index contributed by atoms with van der Waals surface area (Å²) >= 11 is 0. The van der Waals surface area contributed by atoms with Crippen LogP contribution in [-0.2, 0) is 14.3 Å². The van der Waals surface area contributed by atoms with Gasteiger partial charge in [-0.05, 0) is 72.8 Å². The molecular weight excluding hydrogens is 316 g/mol. The zero-order chi connectivity index (χ0) is 18.0. The van der Waals surface area contributed by atoms with Gasteiger partial charge in [0.05, 0.1) is 0 Å². The second kappa shape index (κ2) is 5.67. The molecule has 0 aliphatic heterocycles. The van der Waals surface area contributed by atoms with Gasteiger partial charge in [0.1, 0.15) is 12.2 Å². The fraction of sp³-hybridized carbons (Fsp3) is 0.810. The van der Waals surface area contributed by atoms with Crippen LogP contribution in [0.1, 0.15) is 65.7 Å². The Balaban J connectivity index is 1.70. The smallest absolute Gasteiger partial charge is 0.303 e. The molecule has 0 spiro atoms. The topological polar surface area (TPSA) is 63.6 Å². The Morgan fingerprint density at radius 1 is 1.16 bits per heavy atom. The SMILES string of the molecule is CC(=O)O[C@H]1CC[C@@]2(C)C(=CC(=O)[C@H]3[C@H]4CCC[C@@]4(C)CC[C@H]32)[C@@H]1O. The third-order valence-electron chi connectivity index (χ3n) is 8.09. The molecule has 0 radical (unpaired) electrons. The molecule has 4 nitrogen and oxygen atoms in total. The molecule has 0 aromatic carbocycles. The number of hydrogen-bond acceptors (Lipinski definition) is 4. The summed E-state index contributed by atoms with van der Waals surface area (Å²) in [5.41, 5.74) is 1.00. The Morgan fingerprint density at radius 2 is 1.92 bits per heavy atom. The van der Waals surface area contributed by atoms with Crippen LogP contribution in [0, 0.1) is 28.6 Å². The van der Waals surface area contributed by atoms with Crippen molar-refractivity contribution in [3.05, 3.63) is 11.6 Å². The average Bonchev–Trinajstić information content (AvgIpc) is 2.94. The van der Waals surface area contributed by atoms with E-state index in [4.69, 9.17) is 4.74 Å². The molecule has 0 bridgehead atoms. The minimum absolute atomic E-state index is 0.118. The molecule has 3 saturated carbocycles. The van der Waals surface area contributed by atoms with Gasteiger partial charge >= 0.3 is 5.97 Å². The van der Waals surface area contributed by atoms with Gasteiger partial charge in [-0.1, -0.05) is 20.3 Å². The normalized spacial score (nSPS) is 48.9. The van der Waals surface area contributed by atoms with E-state index in [2.05, 4.69) is 13.8 Å². The maximum absolute atomic E-state index is 13.1. The van der Waals surface area contributed by atoms with Gasteiger partial charge < -0.3 is 9.84 Å². The second-order valence-corrected chi connectivity index (χ2v) is 9.37. The van der Waals surface area contributed by atoms with Crippen LogP contribution in [0.15, 0.2) is 11.6 Å². The van der Waals surface area contributed by atoms with Crippen molar-refractivity contribution in [2.24, 2.45) is 28.6 Å². The zero-order valence-corrected chi connectivity index (χ0v) is 15.6. The molecule has 0 saturated heterocycles. The number of allylic oxidation sites excluding steroid dienone is 1. The first-order chi connectivity index (χ1) is 11.8. The van der Waals surface area contributed by atoms with Crippen LogP contribution >= 0.6 is 0 Å². The average molecular weight is 346 g/mol. The lowest BCUT2D eigenvalue weighted by Crippen LogP contribution is -2.56. The molecule has 138 valence electrons. The fourth-order valence-corrected chi connectivity index (χ4v) is 6.76. The van der Waals surface area contributed by atoms with E-state index >= 15 is 0 Å². The number of rotatable bonds is 1. The number of ether oxygens (including phenoxy) is 1. The largest absolute Gasteiger partial charge is 0.459 e. The molecule has 4 rings (SSSR count). The number of aliphatic hydroxyl groups is 1. The molecule has 0 amide bonds. The van der Waals surface area contributed by atoms with Crippen LogP contribution in [-0.4, -0.2) is 29.1 Å². The summed E-state index contributed by atoms with van der Waals surface area (Å²) in [6.07, 6.45) is 7.85. The van der Waals surface area contributed by atoms with Gasteiger partial charge in [-0.15, -0.1) is 0 Å². The first-order valence-corrected chi connectivity index (χ1v) is 9.87. The van der Waals surface area contributed by atoms with E-state index in [0.29, 0.717) is 23.7 Å². The summed E-state index contributed by atoms with van der Waals surface area (Å²) in [7, 11) is 0. The Hall–Kier alpha value is -1.16. The van der Waals surface area contributed by atoms with Crippen LogP contribution in [0.4, 0.5) is 0 Å². The van der Waals surface area contributed by atoms with Crippen molar-refractivity contribution in [2.75, 3.05) is 0 Å². The lowest BCUT2D eigenvalue weighted by molar-refractivity contribution is -0.157. The Labute approximate surface area is 150 Å². The Morgan fingerprint density at radius 3 is 2.64 bits per heavy atom. The third-order valence-corrected chi connectivity index (χ3v) is 8.09. The van der Waals surface area contributed by atoms with E-state index in [1.54, 1.807) is 6.08 Å². The molecule has 0 unspecified atom stereocenters. The number of esters is 1. The molecule has 7 atom stereocenters. The highest BCUT2D eigenvalue weighted by molar-refractivity contribution is 5.94. The predicted octanol–water partition coefficient (Wildman–Crippen LogP) is 3.42. The number of fused-ring (bicyclic) bond motifs is 5. The highest BCUT2D eigenvalue weighted by Gasteiger charge is 2.60. The Bertz CT molecular complexity index is 638. The Kier molecular flexibility index (Phi) is 3.91. The monoisotopic (exact) mass is 346 g/mol. The second-order valence-electron chi connectivity index (χ2n) is 9.37. The minimum Gasteiger partial charge on any atom is -0.459 e. The summed E-state index contributed by atoms with van der Waals surface area (Å²) in [6, 6.07) is 0. The molecule has 0 heterocycles. The lowest BCUT2D eigenvalue weighted by atomic mass is 9.47. The zero-order valence-electron chi connectivity index (χ0n) is 15.6. The van der Waals surface area contributed by atoms with Crippen molar-refractivity contribution >= 4 is 11.8 Å². The number of carbonyl (C=O) groups is 2. The van der Waals surface area contributed by atoms with Gasteiger partial charge in [0, 0.05) is 12.8 Å². The van der Waals surface area contributed by atoms with Crippen LogP contribution in [0.3, 0.4) is 0 Å². The van der Waals surface area contributed by atoms with E-state index < -0.39 is 12.2 Å². The van der Waals surface area contributed by atoms with Crippen molar-refractivity contribution in [3.63, 3.8) is 0 Å². The van der Waals surface area contributed by atoms with Gasteiger partial charge in [-0.2, -0.15) is 0 Å². The van der Waals surface area contributed by atoms with E-state index in [1.165, 1.54) is 32.6 Å². The summed E-state index contributed by atoms with van der Waals surface area (Å²) in [4.78, 5) is 24.4. The van der Waals surface area contributed by atoms with E-state index in [0.717, 1.165) is 18.4 Å². The van der Waals surface area contributed by atoms with Gasteiger partial charge in [-0.3, -0.25) is 9.59 Å². The molecule has 0 aromatic rings. The lowest BCUT2D eigenvalue weighted by Gasteiger charge is -2.57. The minimum atomic E-state index is -0.843. The molecule has 25 heavy (non-hydrogen) atoms. The van der Waals surface area contributed by atoms with Crippen LogP contribution < -0.4 is 0 Å². The van der Waals surface area contributed by atoms with E-state index in [1.807, 2.05) is 0 Å². The van der Waals surface area contributed by atoms with Gasteiger partial charge in [0.2, 0.25) is 0 Å². The molecule has 4 heteroatoms. The summed E-state index contributed by atoms with van der Waals surface area (Å²) < 4.78 is 5.31. The predicted molar refractivity (Wildman–Crippen MR) is 93.7 cm³/mol. The number of ketones is 1. The number of aliphatic hydroxyl groups excluding tert-OH is 1.